The maximum Gasteiger partial charge on any atom is 0.160 e. The van der Waals surface area contributed by atoms with Gasteiger partial charge in [0.2, 0.25) is 0 Å². The molecule has 5 nitrogen and oxygen atoms in total. The van der Waals surface area contributed by atoms with E-state index in [-0.39, 0.29) is 12.6 Å². The van der Waals surface area contributed by atoms with Crippen molar-refractivity contribution in [2.75, 3.05) is 13.6 Å². The molecule has 0 saturated carbocycles. The predicted molar refractivity (Wildman–Crippen MR) is 95.6 cm³/mol. The zero-order chi connectivity index (χ0) is 16.9. The standard InChI is InChI=1S/C19H24N4O/c1-3-16(13-22(2)12-15-8-5-4-6-9-15)23-18(14-24)21-17-10-7-11-20-19(17)23/h4-11,16,24H,3,12-14H2,1-2H3/t16-/m1/s1. The summed E-state index contributed by atoms with van der Waals surface area (Å²) in [6.45, 7) is 3.86. The summed E-state index contributed by atoms with van der Waals surface area (Å²) in [6.07, 6.45) is 2.73. The lowest BCUT2D eigenvalue weighted by atomic mass is 10.1. The van der Waals surface area contributed by atoms with Gasteiger partial charge in [0.15, 0.2) is 5.65 Å². The van der Waals surface area contributed by atoms with Crippen LogP contribution in [0.15, 0.2) is 48.7 Å². The van der Waals surface area contributed by atoms with Crippen molar-refractivity contribution in [1.82, 2.24) is 19.4 Å². The van der Waals surface area contributed by atoms with Crippen molar-refractivity contribution in [2.45, 2.75) is 32.5 Å². The van der Waals surface area contributed by atoms with Crippen LogP contribution in [0.4, 0.5) is 0 Å². The average Bonchev–Trinajstić information content (AvgIpc) is 2.99. The van der Waals surface area contributed by atoms with E-state index < -0.39 is 0 Å². The van der Waals surface area contributed by atoms with Crippen LogP contribution in [0.5, 0.6) is 0 Å². The number of imidazole rings is 1. The molecule has 0 saturated heterocycles. The molecule has 0 radical (unpaired) electrons. The molecule has 126 valence electrons. The van der Waals surface area contributed by atoms with Gasteiger partial charge in [-0.1, -0.05) is 37.3 Å². The molecule has 0 aliphatic heterocycles. The Kier molecular flexibility index (Phi) is 5.23. The van der Waals surface area contributed by atoms with Gasteiger partial charge in [-0.3, -0.25) is 0 Å². The molecule has 0 bridgehead atoms. The summed E-state index contributed by atoms with van der Waals surface area (Å²) in [5.41, 5.74) is 2.98. The van der Waals surface area contributed by atoms with E-state index in [9.17, 15) is 5.11 Å². The minimum atomic E-state index is -0.0741. The zero-order valence-corrected chi connectivity index (χ0v) is 14.3. The van der Waals surface area contributed by atoms with Crippen LogP contribution in [0.2, 0.25) is 0 Å². The molecule has 0 unspecified atom stereocenters. The summed E-state index contributed by atoms with van der Waals surface area (Å²) in [5, 5.41) is 9.71. The molecule has 0 aliphatic carbocycles. The van der Waals surface area contributed by atoms with Crippen LogP contribution in [-0.2, 0) is 13.2 Å². The van der Waals surface area contributed by atoms with E-state index in [2.05, 4.69) is 57.7 Å². The number of hydrogen-bond acceptors (Lipinski definition) is 4. The molecule has 5 heteroatoms. The minimum Gasteiger partial charge on any atom is -0.388 e. The highest BCUT2D eigenvalue weighted by molar-refractivity contribution is 5.71. The van der Waals surface area contributed by atoms with Gasteiger partial charge in [0, 0.05) is 25.3 Å². The monoisotopic (exact) mass is 324 g/mol. The smallest absolute Gasteiger partial charge is 0.160 e. The molecule has 2 aromatic heterocycles. The van der Waals surface area contributed by atoms with Gasteiger partial charge >= 0.3 is 0 Å². The fourth-order valence-electron chi connectivity index (χ4n) is 3.18. The number of likely N-dealkylation sites (N-methyl/N-ethyl adjacent to an activating group) is 1. The third-order valence-corrected chi connectivity index (χ3v) is 4.32. The summed E-state index contributed by atoms with van der Waals surface area (Å²) in [7, 11) is 2.13. The van der Waals surface area contributed by atoms with Gasteiger partial charge in [-0.2, -0.15) is 0 Å². The van der Waals surface area contributed by atoms with Crippen LogP contribution in [-0.4, -0.2) is 38.1 Å². The summed E-state index contributed by atoms with van der Waals surface area (Å²) >= 11 is 0. The summed E-state index contributed by atoms with van der Waals surface area (Å²) in [6, 6.07) is 14.5. The molecule has 0 fully saturated rings. The zero-order valence-electron chi connectivity index (χ0n) is 14.3. The minimum absolute atomic E-state index is 0.0741. The molecule has 1 atom stereocenters. The summed E-state index contributed by atoms with van der Waals surface area (Å²) in [5.74, 6) is 0.684. The normalized spacial score (nSPS) is 12.8. The van der Waals surface area contributed by atoms with Crippen LogP contribution < -0.4 is 0 Å². The molecular weight excluding hydrogens is 300 g/mol. The van der Waals surface area contributed by atoms with E-state index in [1.807, 2.05) is 18.2 Å². The van der Waals surface area contributed by atoms with Crippen LogP contribution in [0.25, 0.3) is 11.2 Å². The third kappa shape index (κ3) is 3.47. The first-order valence-electron chi connectivity index (χ1n) is 8.38. The molecule has 0 spiro atoms. The van der Waals surface area contributed by atoms with Crippen LogP contribution in [0.3, 0.4) is 0 Å². The maximum atomic E-state index is 9.71. The number of fused-ring (bicyclic) bond motifs is 1. The molecule has 24 heavy (non-hydrogen) atoms. The fourth-order valence-corrected chi connectivity index (χ4v) is 3.18. The first-order chi connectivity index (χ1) is 11.7. The second-order valence-corrected chi connectivity index (χ2v) is 6.15. The lowest BCUT2D eigenvalue weighted by Crippen LogP contribution is -2.28. The first-order valence-corrected chi connectivity index (χ1v) is 8.38. The van der Waals surface area contributed by atoms with Gasteiger partial charge in [-0.05, 0) is 31.2 Å². The van der Waals surface area contributed by atoms with Crippen LogP contribution in [0.1, 0.15) is 30.8 Å². The predicted octanol–water partition coefficient (Wildman–Crippen LogP) is 3.01. The number of rotatable bonds is 7. The van der Waals surface area contributed by atoms with Crippen molar-refractivity contribution in [3.05, 3.63) is 60.0 Å². The quantitative estimate of drug-likeness (QED) is 0.726. The van der Waals surface area contributed by atoms with E-state index in [4.69, 9.17) is 0 Å². The Hall–Kier alpha value is -2.24. The van der Waals surface area contributed by atoms with Gasteiger partial charge in [0.1, 0.15) is 17.9 Å². The number of hydrogen-bond donors (Lipinski definition) is 1. The second kappa shape index (κ2) is 7.55. The lowest BCUT2D eigenvalue weighted by molar-refractivity contribution is 0.237. The number of benzene rings is 1. The van der Waals surface area contributed by atoms with E-state index in [0.717, 1.165) is 30.7 Å². The SMILES string of the molecule is CC[C@H](CN(C)Cc1ccccc1)n1c(CO)nc2cccnc21. The van der Waals surface area contributed by atoms with E-state index in [1.54, 1.807) is 6.20 Å². The second-order valence-electron chi connectivity index (χ2n) is 6.15. The Morgan fingerprint density at radius 3 is 2.67 bits per heavy atom. The molecule has 1 N–H and O–H groups in total. The first kappa shape index (κ1) is 16.6. The molecule has 3 rings (SSSR count). The topological polar surface area (TPSA) is 54.2 Å². The van der Waals surface area contributed by atoms with Crippen LogP contribution in [0, 0.1) is 0 Å². The van der Waals surface area contributed by atoms with Crippen molar-refractivity contribution >= 4 is 11.2 Å². The summed E-state index contributed by atoms with van der Waals surface area (Å²) < 4.78 is 2.09. The molecule has 3 aromatic rings. The van der Waals surface area contributed by atoms with Crippen molar-refractivity contribution in [1.29, 1.82) is 0 Å². The van der Waals surface area contributed by atoms with Crippen molar-refractivity contribution in [3.63, 3.8) is 0 Å². The highest BCUT2D eigenvalue weighted by Crippen LogP contribution is 2.23. The van der Waals surface area contributed by atoms with E-state index in [1.165, 1.54) is 5.56 Å². The van der Waals surface area contributed by atoms with Gasteiger partial charge in [-0.15, -0.1) is 0 Å². The number of aromatic nitrogens is 3. The van der Waals surface area contributed by atoms with E-state index in [0.29, 0.717) is 5.82 Å². The Balaban J connectivity index is 1.83. The lowest BCUT2D eigenvalue weighted by Gasteiger charge is -2.25. The highest BCUT2D eigenvalue weighted by Gasteiger charge is 2.19. The van der Waals surface area contributed by atoms with Crippen molar-refractivity contribution < 1.29 is 5.11 Å². The molecule has 0 aliphatic rings. The Morgan fingerprint density at radius 1 is 1.17 bits per heavy atom. The molecule has 2 heterocycles. The van der Waals surface area contributed by atoms with Crippen molar-refractivity contribution in [3.8, 4) is 0 Å². The fraction of sp³-hybridized carbons (Fsp3) is 0.368. The highest BCUT2D eigenvalue weighted by atomic mass is 16.3. The Labute approximate surface area is 142 Å². The van der Waals surface area contributed by atoms with Crippen molar-refractivity contribution in [2.24, 2.45) is 0 Å². The van der Waals surface area contributed by atoms with E-state index >= 15 is 0 Å². The Morgan fingerprint density at radius 2 is 1.96 bits per heavy atom. The number of aliphatic hydroxyl groups is 1. The number of pyridine rings is 1. The Bertz CT molecular complexity index is 784. The van der Waals surface area contributed by atoms with Gasteiger partial charge in [0.25, 0.3) is 0 Å². The average molecular weight is 324 g/mol. The molecule has 0 amide bonds. The largest absolute Gasteiger partial charge is 0.388 e. The van der Waals surface area contributed by atoms with Gasteiger partial charge in [0.05, 0.1) is 0 Å². The van der Waals surface area contributed by atoms with Crippen LogP contribution >= 0.6 is 0 Å². The van der Waals surface area contributed by atoms with Gasteiger partial charge < -0.3 is 14.6 Å². The summed E-state index contributed by atoms with van der Waals surface area (Å²) in [4.78, 5) is 11.3. The molecular formula is C19H24N4O. The number of aliphatic hydroxyl groups excluding tert-OH is 1. The maximum absolute atomic E-state index is 9.71. The third-order valence-electron chi connectivity index (χ3n) is 4.32. The number of nitrogens with zero attached hydrogens (tertiary/aromatic N) is 4. The molecule has 1 aromatic carbocycles. The van der Waals surface area contributed by atoms with Gasteiger partial charge in [-0.25, -0.2) is 9.97 Å².